The SMILES string of the molecule is Nc1ccc(N=Nc2nc3ccc(Cl)cc3s2)c(N)c1. The fourth-order valence-electron chi connectivity index (χ4n) is 1.69. The van der Waals surface area contributed by atoms with Gasteiger partial charge in [-0.15, -0.1) is 10.2 Å². The van der Waals surface area contributed by atoms with Crippen molar-refractivity contribution in [3.05, 3.63) is 41.4 Å². The van der Waals surface area contributed by atoms with Gasteiger partial charge >= 0.3 is 0 Å². The highest BCUT2D eigenvalue weighted by atomic mass is 35.5. The van der Waals surface area contributed by atoms with E-state index in [-0.39, 0.29) is 0 Å². The molecule has 4 N–H and O–H groups in total. The number of rotatable bonds is 2. The van der Waals surface area contributed by atoms with Crippen LogP contribution in [0.15, 0.2) is 46.6 Å². The Balaban J connectivity index is 1.94. The van der Waals surface area contributed by atoms with E-state index in [2.05, 4.69) is 15.2 Å². The Morgan fingerprint density at radius 1 is 1.05 bits per heavy atom. The Labute approximate surface area is 123 Å². The highest BCUT2D eigenvalue weighted by molar-refractivity contribution is 7.21. The molecule has 7 heteroatoms. The van der Waals surface area contributed by atoms with Crippen molar-refractivity contribution in [1.29, 1.82) is 0 Å². The second kappa shape index (κ2) is 5.07. The minimum atomic E-state index is 0.484. The molecular formula is C13H10ClN5S. The minimum absolute atomic E-state index is 0.484. The number of anilines is 2. The average Bonchev–Trinajstić information content (AvgIpc) is 2.79. The third-order valence-corrected chi connectivity index (χ3v) is 3.77. The normalized spacial score (nSPS) is 11.4. The van der Waals surface area contributed by atoms with Crippen LogP contribution >= 0.6 is 22.9 Å². The van der Waals surface area contributed by atoms with Crippen molar-refractivity contribution in [3.8, 4) is 0 Å². The lowest BCUT2D eigenvalue weighted by Crippen LogP contribution is -1.89. The van der Waals surface area contributed by atoms with Crippen LogP contribution in [0.4, 0.5) is 22.2 Å². The van der Waals surface area contributed by atoms with Crippen molar-refractivity contribution in [1.82, 2.24) is 4.98 Å². The molecule has 0 unspecified atom stereocenters. The smallest absolute Gasteiger partial charge is 0.231 e. The van der Waals surface area contributed by atoms with Gasteiger partial charge in [0.2, 0.25) is 5.13 Å². The summed E-state index contributed by atoms with van der Waals surface area (Å²) in [5.74, 6) is 0. The molecule has 0 amide bonds. The Hall–Kier alpha value is -2.18. The predicted octanol–water partition coefficient (Wildman–Crippen LogP) is 4.53. The molecule has 0 fully saturated rings. The van der Waals surface area contributed by atoms with Crippen molar-refractivity contribution < 1.29 is 0 Å². The standard InChI is InChI=1S/C13H10ClN5S/c14-7-1-3-11-12(5-7)20-13(17-11)19-18-10-4-2-8(15)6-9(10)16/h1-6H,15-16H2. The number of hydrogen-bond donors (Lipinski definition) is 2. The summed E-state index contributed by atoms with van der Waals surface area (Å²) in [5.41, 5.74) is 13.9. The molecule has 0 atom stereocenters. The number of fused-ring (bicyclic) bond motifs is 1. The van der Waals surface area contributed by atoms with Crippen LogP contribution in [0.3, 0.4) is 0 Å². The van der Waals surface area contributed by atoms with Crippen molar-refractivity contribution >= 4 is 55.3 Å². The van der Waals surface area contributed by atoms with E-state index in [1.165, 1.54) is 11.3 Å². The van der Waals surface area contributed by atoms with Gasteiger partial charge in [0, 0.05) is 10.7 Å². The summed E-state index contributed by atoms with van der Waals surface area (Å²) in [6, 6.07) is 10.6. The van der Waals surface area contributed by atoms with Crippen LogP contribution < -0.4 is 11.5 Å². The number of nitrogens with two attached hydrogens (primary N) is 2. The molecule has 20 heavy (non-hydrogen) atoms. The molecule has 2 aromatic carbocycles. The Morgan fingerprint density at radius 3 is 2.70 bits per heavy atom. The van der Waals surface area contributed by atoms with Gasteiger partial charge in [-0.1, -0.05) is 22.9 Å². The van der Waals surface area contributed by atoms with Gasteiger partial charge in [0.1, 0.15) is 5.69 Å². The molecule has 0 aliphatic heterocycles. The zero-order chi connectivity index (χ0) is 14.1. The first-order chi connectivity index (χ1) is 9.61. The molecule has 0 saturated carbocycles. The van der Waals surface area contributed by atoms with Crippen molar-refractivity contribution in [3.63, 3.8) is 0 Å². The number of azo groups is 1. The number of hydrogen-bond acceptors (Lipinski definition) is 6. The summed E-state index contributed by atoms with van der Waals surface area (Å²) < 4.78 is 0.969. The molecule has 100 valence electrons. The van der Waals surface area contributed by atoms with Gasteiger partial charge in [0.25, 0.3) is 0 Å². The molecule has 1 heterocycles. The number of aromatic nitrogens is 1. The lowest BCUT2D eigenvalue weighted by atomic mass is 10.2. The molecule has 0 bridgehead atoms. The second-order valence-electron chi connectivity index (χ2n) is 4.13. The third kappa shape index (κ3) is 2.56. The highest BCUT2D eigenvalue weighted by Gasteiger charge is 2.04. The first-order valence-electron chi connectivity index (χ1n) is 5.75. The van der Waals surface area contributed by atoms with Crippen LogP contribution in [0.2, 0.25) is 5.02 Å². The summed E-state index contributed by atoms with van der Waals surface area (Å²) in [6.45, 7) is 0. The van der Waals surface area contributed by atoms with Crippen molar-refractivity contribution in [2.75, 3.05) is 11.5 Å². The fourth-order valence-corrected chi connectivity index (χ4v) is 2.75. The number of benzene rings is 2. The molecular weight excluding hydrogens is 294 g/mol. The number of thiazole rings is 1. The zero-order valence-corrected chi connectivity index (χ0v) is 11.8. The summed E-state index contributed by atoms with van der Waals surface area (Å²) in [6.07, 6.45) is 0. The Morgan fingerprint density at radius 2 is 1.90 bits per heavy atom. The van der Waals surface area contributed by atoms with E-state index < -0.39 is 0 Å². The van der Waals surface area contributed by atoms with Gasteiger partial charge < -0.3 is 11.5 Å². The van der Waals surface area contributed by atoms with Gasteiger partial charge in [-0.25, -0.2) is 4.98 Å². The van der Waals surface area contributed by atoms with Gasteiger partial charge in [-0.3, -0.25) is 0 Å². The molecule has 0 spiro atoms. The van der Waals surface area contributed by atoms with Gasteiger partial charge in [-0.05, 0) is 36.4 Å². The fraction of sp³-hybridized carbons (Fsp3) is 0. The summed E-state index contributed by atoms with van der Waals surface area (Å²) in [7, 11) is 0. The molecule has 0 radical (unpaired) electrons. The van der Waals surface area contributed by atoms with Crippen LogP contribution in [0.25, 0.3) is 10.2 Å². The summed E-state index contributed by atoms with van der Waals surface area (Å²) in [4.78, 5) is 4.35. The molecule has 3 aromatic rings. The lowest BCUT2D eigenvalue weighted by Gasteiger charge is -1.98. The quantitative estimate of drug-likeness (QED) is 0.538. The highest BCUT2D eigenvalue weighted by Crippen LogP contribution is 2.32. The van der Waals surface area contributed by atoms with E-state index in [1.807, 2.05) is 12.1 Å². The first kappa shape index (κ1) is 12.8. The monoisotopic (exact) mass is 303 g/mol. The first-order valence-corrected chi connectivity index (χ1v) is 6.94. The number of nitrogens with zero attached hydrogens (tertiary/aromatic N) is 3. The molecule has 0 aliphatic rings. The Kier molecular flexibility index (Phi) is 3.25. The molecule has 1 aromatic heterocycles. The van der Waals surface area contributed by atoms with Crippen molar-refractivity contribution in [2.45, 2.75) is 0 Å². The molecule has 0 saturated heterocycles. The minimum Gasteiger partial charge on any atom is -0.399 e. The van der Waals surface area contributed by atoms with Crippen LogP contribution in [-0.2, 0) is 0 Å². The Bertz CT molecular complexity index is 812. The number of nitrogen functional groups attached to an aromatic ring is 2. The van der Waals surface area contributed by atoms with E-state index in [0.29, 0.717) is 27.2 Å². The maximum Gasteiger partial charge on any atom is 0.231 e. The topological polar surface area (TPSA) is 89.6 Å². The lowest BCUT2D eigenvalue weighted by molar-refractivity contribution is 1.21. The number of halogens is 1. The van der Waals surface area contributed by atoms with E-state index in [9.17, 15) is 0 Å². The third-order valence-electron chi connectivity index (χ3n) is 2.63. The molecule has 0 aliphatic carbocycles. The predicted molar refractivity (Wildman–Crippen MR) is 84.1 cm³/mol. The van der Waals surface area contributed by atoms with Gasteiger partial charge in [-0.2, -0.15) is 0 Å². The van der Waals surface area contributed by atoms with Crippen LogP contribution in [-0.4, -0.2) is 4.98 Å². The average molecular weight is 304 g/mol. The van der Waals surface area contributed by atoms with Gasteiger partial charge in [0.15, 0.2) is 0 Å². The van der Waals surface area contributed by atoms with E-state index in [0.717, 1.165) is 10.2 Å². The van der Waals surface area contributed by atoms with Crippen LogP contribution in [0.5, 0.6) is 0 Å². The van der Waals surface area contributed by atoms with E-state index in [1.54, 1.807) is 24.3 Å². The van der Waals surface area contributed by atoms with Gasteiger partial charge in [0.05, 0.1) is 15.9 Å². The maximum absolute atomic E-state index is 5.93. The van der Waals surface area contributed by atoms with Crippen molar-refractivity contribution in [2.24, 2.45) is 10.2 Å². The largest absolute Gasteiger partial charge is 0.399 e. The van der Waals surface area contributed by atoms with Crippen LogP contribution in [0, 0.1) is 0 Å². The molecule has 3 rings (SSSR count). The van der Waals surface area contributed by atoms with Crippen LogP contribution in [0.1, 0.15) is 0 Å². The maximum atomic E-state index is 5.93. The second-order valence-corrected chi connectivity index (χ2v) is 5.57. The van der Waals surface area contributed by atoms with E-state index >= 15 is 0 Å². The molecule has 5 nitrogen and oxygen atoms in total. The summed E-state index contributed by atoms with van der Waals surface area (Å²) >= 11 is 7.35. The van der Waals surface area contributed by atoms with E-state index in [4.69, 9.17) is 23.1 Å². The zero-order valence-electron chi connectivity index (χ0n) is 10.2. The summed E-state index contributed by atoms with van der Waals surface area (Å²) in [5, 5.41) is 9.42.